The van der Waals surface area contributed by atoms with Gasteiger partial charge in [-0.3, -0.25) is 9.69 Å². The Bertz CT molecular complexity index is 615. The summed E-state index contributed by atoms with van der Waals surface area (Å²) in [5.74, 6) is -0.882. The van der Waals surface area contributed by atoms with Gasteiger partial charge in [0.15, 0.2) is 0 Å². The first-order valence-corrected chi connectivity index (χ1v) is 6.72. The van der Waals surface area contributed by atoms with Crippen LogP contribution in [0.5, 0.6) is 0 Å². The molecular formula is C12H13N3O3S. The second-order valence-corrected chi connectivity index (χ2v) is 5.29. The highest BCUT2D eigenvalue weighted by Crippen LogP contribution is 2.22. The van der Waals surface area contributed by atoms with Gasteiger partial charge in [-0.1, -0.05) is 6.07 Å². The first kappa shape index (κ1) is 12.5. The molecule has 1 aromatic heterocycles. The van der Waals surface area contributed by atoms with Gasteiger partial charge in [0, 0.05) is 19.5 Å². The highest BCUT2D eigenvalue weighted by Gasteiger charge is 2.35. The summed E-state index contributed by atoms with van der Waals surface area (Å²) >= 11 is 1.16. The summed E-state index contributed by atoms with van der Waals surface area (Å²) in [6.45, 7) is 0.895. The van der Waals surface area contributed by atoms with Crippen LogP contribution in [-0.4, -0.2) is 48.5 Å². The van der Waals surface area contributed by atoms with Crippen LogP contribution in [0.1, 0.15) is 12.0 Å². The molecule has 0 unspecified atom stereocenters. The quantitative estimate of drug-likeness (QED) is 0.860. The Morgan fingerprint density at radius 1 is 1.42 bits per heavy atom. The number of hydrogen-bond donors (Lipinski definition) is 2. The number of β-amino-alcohol motifs (C(OH)–C–C–N with tert-alkyl or cyclic N) is 1. The second-order valence-electron chi connectivity index (χ2n) is 4.76. The molecule has 2 atom stereocenters. The van der Waals surface area contributed by atoms with Gasteiger partial charge in [0.25, 0.3) is 0 Å². The maximum absolute atomic E-state index is 11.1. The van der Waals surface area contributed by atoms with Crippen molar-refractivity contribution in [3.8, 4) is 0 Å². The monoisotopic (exact) mass is 279 g/mol. The summed E-state index contributed by atoms with van der Waals surface area (Å²) in [5.41, 5.74) is 2.67. The molecule has 0 bridgehead atoms. The molecule has 1 aliphatic rings. The van der Waals surface area contributed by atoms with E-state index in [1.165, 1.54) is 0 Å². The van der Waals surface area contributed by atoms with Gasteiger partial charge in [-0.2, -0.15) is 8.75 Å². The van der Waals surface area contributed by atoms with E-state index in [1.807, 2.05) is 18.2 Å². The molecule has 1 saturated heterocycles. The van der Waals surface area contributed by atoms with E-state index in [9.17, 15) is 9.90 Å². The Morgan fingerprint density at radius 2 is 2.21 bits per heavy atom. The molecule has 1 fully saturated rings. The molecule has 1 aliphatic heterocycles. The van der Waals surface area contributed by atoms with Crippen molar-refractivity contribution in [3.05, 3.63) is 23.8 Å². The van der Waals surface area contributed by atoms with Crippen molar-refractivity contribution in [1.82, 2.24) is 13.6 Å². The number of aliphatic carboxylic acids is 1. The van der Waals surface area contributed by atoms with Gasteiger partial charge >= 0.3 is 5.97 Å². The van der Waals surface area contributed by atoms with Crippen LogP contribution < -0.4 is 0 Å². The van der Waals surface area contributed by atoms with Crippen LogP contribution in [0.15, 0.2) is 18.2 Å². The Balaban J connectivity index is 1.81. The molecule has 0 aliphatic carbocycles. The van der Waals surface area contributed by atoms with E-state index < -0.39 is 18.1 Å². The Hall–Kier alpha value is -1.57. The summed E-state index contributed by atoms with van der Waals surface area (Å²) in [4.78, 5) is 12.9. The lowest BCUT2D eigenvalue weighted by Crippen LogP contribution is -2.35. The van der Waals surface area contributed by atoms with E-state index in [1.54, 1.807) is 4.90 Å². The molecule has 7 heteroatoms. The number of aliphatic hydroxyl groups excluding tert-OH is 1. The van der Waals surface area contributed by atoms with Crippen molar-refractivity contribution in [1.29, 1.82) is 0 Å². The van der Waals surface area contributed by atoms with Crippen molar-refractivity contribution in [2.75, 3.05) is 6.54 Å². The summed E-state index contributed by atoms with van der Waals surface area (Å²) in [6.07, 6.45) is -0.277. The number of carboxylic acid groups (broad SMARTS) is 1. The number of aliphatic hydroxyl groups is 1. The van der Waals surface area contributed by atoms with Gasteiger partial charge in [0.1, 0.15) is 17.1 Å². The number of benzene rings is 1. The van der Waals surface area contributed by atoms with Crippen molar-refractivity contribution < 1.29 is 15.0 Å². The maximum atomic E-state index is 11.1. The topological polar surface area (TPSA) is 86.5 Å². The molecule has 2 heterocycles. The molecule has 6 nitrogen and oxygen atoms in total. The van der Waals surface area contributed by atoms with Crippen LogP contribution in [0.2, 0.25) is 0 Å². The van der Waals surface area contributed by atoms with Crippen LogP contribution in [0.4, 0.5) is 0 Å². The summed E-state index contributed by atoms with van der Waals surface area (Å²) in [7, 11) is 0. The highest BCUT2D eigenvalue weighted by atomic mass is 32.1. The third kappa shape index (κ3) is 2.44. The third-order valence-corrected chi connectivity index (χ3v) is 3.93. The second kappa shape index (κ2) is 4.84. The van der Waals surface area contributed by atoms with Crippen molar-refractivity contribution >= 4 is 28.7 Å². The molecule has 100 valence electrons. The number of likely N-dealkylation sites (tertiary alicyclic amines) is 1. The van der Waals surface area contributed by atoms with Gasteiger partial charge in [-0.15, -0.1) is 0 Å². The average molecular weight is 279 g/mol. The Labute approximate surface area is 113 Å². The number of nitrogens with zero attached hydrogens (tertiary/aromatic N) is 3. The smallest absolute Gasteiger partial charge is 0.321 e. The molecule has 0 radical (unpaired) electrons. The van der Waals surface area contributed by atoms with Crippen LogP contribution in [0, 0.1) is 0 Å². The number of carboxylic acids is 1. The zero-order valence-corrected chi connectivity index (χ0v) is 10.9. The fraction of sp³-hybridized carbons (Fsp3) is 0.417. The molecule has 3 rings (SSSR count). The minimum atomic E-state index is -0.882. The standard InChI is InChI=1S/C12H13N3O3S/c16-8-4-11(12(17)18)15(6-8)5-7-1-2-9-10(3-7)14-19-13-9/h1-3,8,11,16H,4-6H2,(H,17,18)/t8-,11+/m1/s1. The fourth-order valence-corrected chi connectivity index (χ4v) is 2.99. The van der Waals surface area contributed by atoms with Gasteiger partial charge in [-0.05, 0) is 17.7 Å². The lowest BCUT2D eigenvalue weighted by Gasteiger charge is -2.20. The number of aromatic nitrogens is 2. The SMILES string of the molecule is O=C(O)[C@@H]1C[C@@H](O)CN1Cc1ccc2nsnc2c1. The first-order chi connectivity index (χ1) is 9.13. The summed E-state index contributed by atoms with van der Waals surface area (Å²) in [5, 5.41) is 18.8. The highest BCUT2D eigenvalue weighted by molar-refractivity contribution is 7.00. The number of carbonyl (C=O) groups is 1. The Morgan fingerprint density at radius 3 is 3.00 bits per heavy atom. The summed E-state index contributed by atoms with van der Waals surface area (Å²) in [6, 6.07) is 5.12. The lowest BCUT2D eigenvalue weighted by molar-refractivity contribution is -0.142. The first-order valence-electron chi connectivity index (χ1n) is 5.99. The van der Waals surface area contributed by atoms with Crippen LogP contribution in [0.3, 0.4) is 0 Å². The Kier molecular flexibility index (Phi) is 3.17. The van der Waals surface area contributed by atoms with E-state index in [4.69, 9.17) is 5.11 Å². The van der Waals surface area contributed by atoms with Gasteiger partial charge in [-0.25, -0.2) is 0 Å². The van der Waals surface area contributed by atoms with Crippen LogP contribution >= 0.6 is 11.7 Å². The molecule has 0 amide bonds. The largest absolute Gasteiger partial charge is 0.480 e. The number of hydrogen-bond acceptors (Lipinski definition) is 6. The molecule has 1 aromatic carbocycles. The molecule has 2 aromatic rings. The summed E-state index contributed by atoms with van der Waals surface area (Å²) < 4.78 is 8.30. The molecular weight excluding hydrogens is 266 g/mol. The van der Waals surface area contributed by atoms with Crippen LogP contribution in [-0.2, 0) is 11.3 Å². The predicted molar refractivity (Wildman–Crippen MR) is 69.9 cm³/mol. The zero-order chi connectivity index (χ0) is 13.4. The van der Waals surface area contributed by atoms with E-state index in [-0.39, 0.29) is 6.42 Å². The number of rotatable bonds is 3. The zero-order valence-electron chi connectivity index (χ0n) is 10.1. The van der Waals surface area contributed by atoms with Crippen molar-refractivity contribution in [3.63, 3.8) is 0 Å². The van der Waals surface area contributed by atoms with Crippen molar-refractivity contribution in [2.45, 2.75) is 25.1 Å². The van der Waals surface area contributed by atoms with E-state index in [2.05, 4.69) is 8.75 Å². The molecule has 2 N–H and O–H groups in total. The van der Waals surface area contributed by atoms with Crippen LogP contribution in [0.25, 0.3) is 11.0 Å². The average Bonchev–Trinajstić information content (AvgIpc) is 2.95. The van der Waals surface area contributed by atoms with Gasteiger partial charge < -0.3 is 10.2 Å². The lowest BCUT2D eigenvalue weighted by atomic mass is 10.1. The predicted octanol–water partition coefficient (Wildman–Crippen LogP) is 0.711. The third-order valence-electron chi connectivity index (χ3n) is 3.37. The normalized spacial score (nSPS) is 24.1. The minimum Gasteiger partial charge on any atom is -0.480 e. The molecule has 19 heavy (non-hydrogen) atoms. The van der Waals surface area contributed by atoms with Crippen molar-refractivity contribution in [2.24, 2.45) is 0 Å². The van der Waals surface area contributed by atoms with E-state index in [0.29, 0.717) is 13.1 Å². The fourth-order valence-electron chi connectivity index (χ4n) is 2.47. The molecule has 0 spiro atoms. The van der Waals surface area contributed by atoms with E-state index >= 15 is 0 Å². The minimum absolute atomic E-state index is 0.288. The maximum Gasteiger partial charge on any atom is 0.321 e. The molecule has 0 saturated carbocycles. The van der Waals surface area contributed by atoms with Gasteiger partial charge in [0.05, 0.1) is 17.8 Å². The number of fused-ring (bicyclic) bond motifs is 1. The van der Waals surface area contributed by atoms with E-state index in [0.717, 1.165) is 28.3 Å². The van der Waals surface area contributed by atoms with Gasteiger partial charge in [0.2, 0.25) is 0 Å².